The van der Waals surface area contributed by atoms with Crippen LogP contribution < -0.4 is 0 Å². The number of methoxy groups -OCH3 is 1. The highest BCUT2D eigenvalue weighted by Gasteiger charge is 2.37. The van der Waals surface area contributed by atoms with Crippen LogP contribution in [0.4, 0.5) is 0 Å². The maximum atomic E-state index is 11.0. The number of unbranched alkanes of at least 4 members (excludes halogenated alkanes) is 5. The van der Waals surface area contributed by atoms with Crippen molar-refractivity contribution in [2.45, 2.75) is 96.9 Å². The zero-order valence-electron chi connectivity index (χ0n) is 17.6. The molecule has 0 aromatic carbocycles. The van der Waals surface area contributed by atoms with Gasteiger partial charge in [-0.1, -0.05) is 64.3 Å². The van der Waals surface area contributed by atoms with Gasteiger partial charge >= 0.3 is 5.97 Å². The number of carbonyl (C=O) groups excluding carboxylic acids is 1. The molecule has 0 radical (unpaired) electrons. The van der Waals surface area contributed by atoms with E-state index in [-0.39, 0.29) is 17.1 Å². The molecule has 0 saturated carbocycles. The van der Waals surface area contributed by atoms with Gasteiger partial charge in [-0.15, -0.1) is 0 Å². The molecule has 0 aliphatic heterocycles. The van der Waals surface area contributed by atoms with Crippen LogP contribution in [0.3, 0.4) is 0 Å². The predicted molar refractivity (Wildman–Crippen MR) is 110 cm³/mol. The molecule has 0 amide bonds. The Balaban J connectivity index is 3.77. The Labute approximate surface area is 157 Å². The summed E-state index contributed by atoms with van der Waals surface area (Å²) in [5.41, 5.74) is 0. The van der Waals surface area contributed by atoms with Crippen LogP contribution in [-0.2, 0) is 14.0 Å². The van der Waals surface area contributed by atoms with E-state index in [2.05, 4.69) is 69.8 Å². The summed E-state index contributed by atoms with van der Waals surface area (Å²) in [4.78, 5) is 11.0. The molecule has 0 spiro atoms. The monoisotopic (exact) mass is 368 g/mol. The normalized spacial score (nSPS) is 14.4. The quantitative estimate of drug-likeness (QED) is 0.173. The minimum Gasteiger partial charge on any atom is -0.469 e. The van der Waals surface area contributed by atoms with E-state index in [1.165, 1.54) is 26.4 Å². The van der Waals surface area contributed by atoms with Gasteiger partial charge in [-0.3, -0.25) is 4.79 Å². The van der Waals surface area contributed by atoms with E-state index in [1.54, 1.807) is 0 Å². The van der Waals surface area contributed by atoms with Gasteiger partial charge in [0.2, 0.25) is 0 Å². The van der Waals surface area contributed by atoms with Crippen LogP contribution in [0.2, 0.25) is 18.1 Å². The van der Waals surface area contributed by atoms with E-state index < -0.39 is 8.32 Å². The maximum absolute atomic E-state index is 11.0. The van der Waals surface area contributed by atoms with Crippen LogP contribution in [0.25, 0.3) is 0 Å². The smallest absolute Gasteiger partial charge is 0.305 e. The minimum absolute atomic E-state index is 0.0958. The van der Waals surface area contributed by atoms with Gasteiger partial charge in [-0.2, -0.15) is 0 Å². The standard InChI is InChI=1S/C21H40O3Si/c1-19(24-25(6,7)21(2,3)4)17-15-13-11-9-8-10-12-14-16-18-20(22)23-5/h11,13,15,17,19H,8-10,12,14,16,18H2,1-7H3/b13-11-,17-15+/t19-/m0/s1. The summed E-state index contributed by atoms with van der Waals surface area (Å²) in [6.45, 7) is 13.5. The topological polar surface area (TPSA) is 35.5 Å². The molecular formula is C21H40O3Si. The van der Waals surface area contributed by atoms with Gasteiger partial charge in [0.25, 0.3) is 0 Å². The molecule has 0 unspecified atom stereocenters. The van der Waals surface area contributed by atoms with Crippen molar-refractivity contribution < 1.29 is 14.0 Å². The highest BCUT2D eigenvalue weighted by Crippen LogP contribution is 2.37. The number of hydrogen-bond acceptors (Lipinski definition) is 3. The Hall–Kier alpha value is -0.873. The van der Waals surface area contributed by atoms with Crippen molar-refractivity contribution in [3.05, 3.63) is 24.3 Å². The molecule has 0 N–H and O–H groups in total. The van der Waals surface area contributed by atoms with Gasteiger partial charge in [-0.25, -0.2) is 0 Å². The highest BCUT2D eigenvalue weighted by atomic mass is 28.4. The number of carbonyl (C=O) groups is 1. The molecule has 25 heavy (non-hydrogen) atoms. The van der Waals surface area contributed by atoms with Gasteiger partial charge in [0.05, 0.1) is 13.2 Å². The molecule has 0 fully saturated rings. The molecule has 1 atom stereocenters. The Bertz CT molecular complexity index is 419. The third-order valence-corrected chi connectivity index (χ3v) is 9.47. The van der Waals surface area contributed by atoms with Crippen molar-refractivity contribution in [1.29, 1.82) is 0 Å². The van der Waals surface area contributed by atoms with E-state index in [1.807, 2.05) is 0 Å². The van der Waals surface area contributed by atoms with Crippen molar-refractivity contribution in [3.63, 3.8) is 0 Å². The number of hydrogen-bond donors (Lipinski definition) is 0. The number of rotatable bonds is 12. The summed E-state index contributed by atoms with van der Waals surface area (Å²) in [5, 5.41) is 0.252. The van der Waals surface area contributed by atoms with Crippen LogP contribution in [0.1, 0.15) is 72.6 Å². The third-order valence-electron chi connectivity index (χ3n) is 4.90. The summed E-state index contributed by atoms with van der Waals surface area (Å²) in [6, 6.07) is 0. The number of esters is 1. The molecule has 3 nitrogen and oxygen atoms in total. The molecule has 0 heterocycles. The fraction of sp³-hybridized carbons (Fsp3) is 0.762. The summed E-state index contributed by atoms with van der Waals surface area (Å²) >= 11 is 0. The van der Waals surface area contributed by atoms with Gasteiger partial charge in [0.15, 0.2) is 8.32 Å². The highest BCUT2D eigenvalue weighted by molar-refractivity contribution is 6.74. The average molecular weight is 369 g/mol. The second-order valence-electron chi connectivity index (χ2n) is 8.28. The molecular weight excluding hydrogens is 328 g/mol. The molecule has 0 bridgehead atoms. The van der Waals surface area contributed by atoms with Crippen molar-refractivity contribution in [2.24, 2.45) is 0 Å². The molecule has 0 aromatic rings. The molecule has 0 saturated heterocycles. The van der Waals surface area contributed by atoms with Gasteiger partial charge < -0.3 is 9.16 Å². The molecule has 146 valence electrons. The lowest BCUT2D eigenvalue weighted by atomic mass is 10.1. The van der Waals surface area contributed by atoms with Crippen LogP contribution in [-0.4, -0.2) is 27.5 Å². The summed E-state index contributed by atoms with van der Waals surface area (Å²) in [5.74, 6) is -0.0958. The summed E-state index contributed by atoms with van der Waals surface area (Å²) < 4.78 is 10.9. The molecule has 0 aromatic heterocycles. The predicted octanol–water partition coefficient (Wildman–Crippen LogP) is 6.41. The number of ether oxygens (including phenoxy) is 1. The first kappa shape index (κ1) is 24.1. The Morgan fingerprint density at radius 3 is 2.24 bits per heavy atom. The van der Waals surface area contributed by atoms with E-state index in [0.717, 1.165) is 19.3 Å². The van der Waals surface area contributed by atoms with Gasteiger partial charge in [-0.05, 0) is 44.3 Å². The minimum atomic E-state index is -1.68. The number of allylic oxidation sites excluding steroid dienone is 3. The first-order valence-electron chi connectivity index (χ1n) is 9.68. The Kier molecular flexibility index (Phi) is 12.0. The lowest BCUT2D eigenvalue weighted by Crippen LogP contribution is -2.42. The lowest BCUT2D eigenvalue weighted by Gasteiger charge is -2.37. The maximum Gasteiger partial charge on any atom is 0.305 e. The Morgan fingerprint density at radius 2 is 1.64 bits per heavy atom. The third kappa shape index (κ3) is 12.2. The van der Waals surface area contributed by atoms with Crippen LogP contribution >= 0.6 is 0 Å². The van der Waals surface area contributed by atoms with Crippen molar-refractivity contribution >= 4 is 14.3 Å². The largest absolute Gasteiger partial charge is 0.469 e. The first-order valence-corrected chi connectivity index (χ1v) is 12.6. The summed E-state index contributed by atoms with van der Waals surface area (Å²) in [6.07, 6.45) is 16.1. The van der Waals surface area contributed by atoms with Gasteiger partial charge in [0, 0.05) is 6.42 Å². The SMILES string of the molecule is COC(=O)CCCCCCC/C=C\C=C\[C@H](C)O[Si](C)(C)C(C)(C)C. The molecule has 0 aliphatic rings. The second kappa shape index (κ2) is 12.5. The molecule has 0 aliphatic carbocycles. The van der Waals surface area contributed by atoms with E-state index in [9.17, 15) is 4.79 Å². The second-order valence-corrected chi connectivity index (χ2v) is 13.0. The van der Waals surface area contributed by atoms with Crippen LogP contribution in [0.5, 0.6) is 0 Å². The van der Waals surface area contributed by atoms with Gasteiger partial charge in [0.1, 0.15) is 0 Å². The molecule has 0 rings (SSSR count). The van der Waals surface area contributed by atoms with Crippen LogP contribution in [0, 0.1) is 0 Å². The van der Waals surface area contributed by atoms with Crippen molar-refractivity contribution in [3.8, 4) is 0 Å². The Morgan fingerprint density at radius 1 is 1.04 bits per heavy atom. The van der Waals surface area contributed by atoms with Crippen molar-refractivity contribution in [2.75, 3.05) is 7.11 Å². The average Bonchev–Trinajstić information content (AvgIpc) is 2.50. The molecule has 4 heteroatoms. The van der Waals surface area contributed by atoms with E-state index >= 15 is 0 Å². The van der Waals surface area contributed by atoms with E-state index in [4.69, 9.17) is 4.43 Å². The lowest BCUT2D eigenvalue weighted by molar-refractivity contribution is -0.140. The van der Waals surface area contributed by atoms with E-state index in [0.29, 0.717) is 6.42 Å². The van der Waals surface area contributed by atoms with Crippen LogP contribution in [0.15, 0.2) is 24.3 Å². The first-order chi connectivity index (χ1) is 11.6. The van der Waals surface area contributed by atoms with Crippen molar-refractivity contribution in [1.82, 2.24) is 0 Å². The fourth-order valence-corrected chi connectivity index (χ4v) is 3.60. The zero-order chi connectivity index (χ0) is 19.3. The zero-order valence-corrected chi connectivity index (χ0v) is 18.6. The fourth-order valence-electron chi connectivity index (χ4n) is 2.24. The summed E-state index contributed by atoms with van der Waals surface area (Å²) in [7, 11) is -0.231.